The van der Waals surface area contributed by atoms with Gasteiger partial charge in [0.1, 0.15) is 23.5 Å². The van der Waals surface area contributed by atoms with E-state index in [0.29, 0.717) is 25.0 Å². The van der Waals surface area contributed by atoms with E-state index >= 15 is 0 Å². The Morgan fingerprint density at radius 1 is 1.09 bits per heavy atom. The normalized spacial score (nSPS) is 23.4. The smallest absolute Gasteiger partial charge is 0.410 e. The van der Waals surface area contributed by atoms with Crippen molar-refractivity contribution in [1.29, 1.82) is 0 Å². The number of carbonyl (C=O) groups is 4. The summed E-state index contributed by atoms with van der Waals surface area (Å²) in [7, 11) is 2.86. The summed E-state index contributed by atoms with van der Waals surface area (Å²) in [6.45, 7) is 7.66. The van der Waals surface area contributed by atoms with Crippen LogP contribution in [0, 0.1) is 11.7 Å². The lowest BCUT2D eigenvalue weighted by atomic mass is 9.82. The molecule has 1 aliphatic carbocycles. The number of amides is 4. The molecule has 12 heteroatoms. The second kappa shape index (κ2) is 12.9. The second-order valence-corrected chi connectivity index (χ2v) is 13.7. The van der Waals surface area contributed by atoms with Crippen LogP contribution in [-0.4, -0.2) is 101 Å². The van der Waals surface area contributed by atoms with E-state index in [0.717, 1.165) is 43.1 Å². The number of aromatic nitrogens is 1. The number of likely N-dealkylation sites (tertiary alicyclic amines) is 2. The third kappa shape index (κ3) is 6.60. The molecular weight excluding hydrogens is 581 g/mol. The summed E-state index contributed by atoms with van der Waals surface area (Å²) < 4.78 is 24.6. The first kappa shape index (κ1) is 32.6. The molecule has 3 aliphatic rings. The Hall–Kier alpha value is -3.83. The average molecular weight is 628 g/mol. The van der Waals surface area contributed by atoms with Crippen LogP contribution in [0.15, 0.2) is 24.4 Å². The highest BCUT2D eigenvalue weighted by atomic mass is 19.1. The van der Waals surface area contributed by atoms with Crippen LogP contribution < -0.4 is 5.32 Å². The van der Waals surface area contributed by atoms with Gasteiger partial charge in [0.25, 0.3) is 0 Å². The van der Waals surface area contributed by atoms with Crippen molar-refractivity contribution in [2.24, 2.45) is 5.92 Å². The molecule has 2 aliphatic heterocycles. The van der Waals surface area contributed by atoms with Gasteiger partial charge in [-0.05, 0) is 76.6 Å². The van der Waals surface area contributed by atoms with Crippen molar-refractivity contribution < 1.29 is 33.0 Å². The molecule has 0 spiro atoms. The van der Waals surface area contributed by atoms with Gasteiger partial charge in [0.05, 0.1) is 19.2 Å². The number of hydrogen-bond acceptors (Lipinski definition) is 6. The van der Waals surface area contributed by atoms with Crippen molar-refractivity contribution in [1.82, 2.24) is 25.0 Å². The fourth-order valence-corrected chi connectivity index (χ4v) is 7.34. The first-order valence-corrected chi connectivity index (χ1v) is 16.0. The zero-order valence-electron chi connectivity index (χ0n) is 27.1. The van der Waals surface area contributed by atoms with Gasteiger partial charge in [-0.3, -0.25) is 14.5 Å². The molecule has 11 nitrogen and oxygen atoms in total. The Kier molecular flexibility index (Phi) is 9.32. The molecule has 0 bridgehead atoms. The molecule has 1 saturated carbocycles. The lowest BCUT2D eigenvalue weighted by Gasteiger charge is -2.37. The Labute approximate surface area is 263 Å². The van der Waals surface area contributed by atoms with Crippen molar-refractivity contribution in [2.75, 3.05) is 27.2 Å². The summed E-state index contributed by atoms with van der Waals surface area (Å²) in [5.74, 6) is -1.27. The minimum Gasteiger partial charge on any atom is -0.453 e. The van der Waals surface area contributed by atoms with Gasteiger partial charge in [0.15, 0.2) is 0 Å². The molecule has 2 aromatic rings. The number of H-pyrrole nitrogens is 1. The summed E-state index contributed by atoms with van der Waals surface area (Å²) >= 11 is 0. The van der Waals surface area contributed by atoms with Gasteiger partial charge in [-0.15, -0.1) is 0 Å². The van der Waals surface area contributed by atoms with E-state index in [1.807, 2.05) is 11.1 Å². The number of nitrogens with one attached hydrogen (secondary N) is 2. The molecule has 1 aromatic heterocycles. The molecular formula is C33H46FN5O6. The third-order valence-corrected chi connectivity index (χ3v) is 9.72. The number of likely N-dealkylation sites (N-methyl/N-ethyl adjacent to an activating group) is 1. The molecule has 0 radical (unpaired) electrons. The van der Waals surface area contributed by atoms with Crippen LogP contribution in [0.1, 0.15) is 77.7 Å². The molecule has 4 amide bonds. The van der Waals surface area contributed by atoms with E-state index in [1.54, 1.807) is 38.7 Å². The van der Waals surface area contributed by atoms with Gasteiger partial charge in [-0.1, -0.05) is 19.3 Å². The number of methoxy groups -OCH3 is 1. The second-order valence-electron chi connectivity index (χ2n) is 13.7. The number of carbonyl (C=O) groups excluding carboxylic acids is 4. The predicted molar refractivity (Wildman–Crippen MR) is 166 cm³/mol. The quantitative estimate of drug-likeness (QED) is 0.476. The fourth-order valence-electron chi connectivity index (χ4n) is 7.34. The van der Waals surface area contributed by atoms with Crippen molar-refractivity contribution in [3.63, 3.8) is 0 Å². The zero-order chi connectivity index (χ0) is 32.6. The number of hydrogen-bond donors (Lipinski definition) is 2. The van der Waals surface area contributed by atoms with Crippen molar-refractivity contribution in [2.45, 2.75) is 102 Å². The lowest BCUT2D eigenvalue weighted by Crippen LogP contribution is -2.58. The molecule has 246 valence electrons. The first-order valence-electron chi connectivity index (χ1n) is 16.0. The summed E-state index contributed by atoms with van der Waals surface area (Å²) in [5, 5.41) is 3.88. The molecule has 1 aromatic carbocycles. The molecule has 45 heavy (non-hydrogen) atoms. The Morgan fingerprint density at radius 3 is 2.47 bits per heavy atom. The molecule has 3 heterocycles. The van der Waals surface area contributed by atoms with Gasteiger partial charge in [-0.2, -0.15) is 0 Å². The Bertz CT molecular complexity index is 1430. The maximum atomic E-state index is 14.6. The van der Waals surface area contributed by atoms with Crippen LogP contribution >= 0.6 is 0 Å². The summed E-state index contributed by atoms with van der Waals surface area (Å²) in [6.07, 6.45) is 5.95. The van der Waals surface area contributed by atoms with Crippen LogP contribution in [0.3, 0.4) is 0 Å². The number of halogens is 1. The predicted octanol–water partition coefficient (Wildman–Crippen LogP) is 4.76. The number of fused-ring (bicyclic) bond motifs is 2. The van der Waals surface area contributed by atoms with Gasteiger partial charge in [0.2, 0.25) is 11.8 Å². The fraction of sp³-hybridized carbons (Fsp3) is 0.636. The minimum atomic E-state index is -0.870. The Balaban J connectivity index is 1.43. The average Bonchev–Trinajstić information content (AvgIpc) is 3.72. The third-order valence-electron chi connectivity index (χ3n) is 9.72. The summed E-state index contributed by atoms with van der Waals surface area (Å²) in [5.41, 5.74) is 0.824. The number of benzene rings is 1. The summed E-state index contributed by atoms with van der Waals surface area (Å²) in [6, 6.07) is 2.29. The highest BCUT2D eigenvalue weighted by Gasteiger charge is 2.54. The maximum absolute atomic E-state index is 14.6. The van der Waals surface area contributed by atoms with E-state index in [-0.39, 0.29) is 35.6 Å². The van der Waals surface area contributed by atoms with Gasteiger partial charge in [-0.25, -0.2) is 14.0 Å². The van der Waals surface area contributed by atoms with Crippen LogP contribution in [-0.2, 0) is 19.1 Å². The van der Waals surface area contributed by atoms with E-state index in [4.69, 9.17) is 9.47 Å². The van der Waals surface area contributed by atoms with Gasteiger partial charge in [0, 0.05) is 43.2 Å². The van der Waals surface area contributed by atoms with Crippen LogP contribution in [0.4, 0.5) is 14.0 Å². The highest BCUT2D eigenvalue weighted by Crippen LogP contribution is 2.44. The van der Waals surface area contributed by atoms with E-state index in [9.17, 15) is 23.6 Å². The molecule has 5 rings (SSSR count). The first-order chi connectivity index (χ1) is 21.3. The lowest BCUT2D eigenvalue weighted by molar-refractivity contribution is -0.140. The molecule has 2 N–H and O–H groups in total. The minimum absolute atomic E-state index is 0.0547. The van der Waals surface area contributed by atoms with E-state index in [1.165, 1.54) is 31.2 Å². The topological polar surface area (TPSA) is 124 Å². The number of ether oxygens (including phenoxy) is 2. The molecule has 3 fully saturated rings. The SMILES string of the molecule is COC(=O)N1C[C@H](c2c[nH]c3cc(F)ccc23)[C@@H]2[C@H]1CCN2C(=O)[C@@H](NC(=O)[C@H](C)N(C)C(=O)OC(C)(C)C)C1CCCCC1. The zero-order valence-corrected chi connectivity index (χ0v) is 27.1. The van der Waals surface area contributed by atoms with Gasteiger partial charge < -0.3 is 29.6 Å². The molecule has 5 atom stereocenters. The van der Waals surface area contributed by atoms with Crippen molar-refractivity contribution >= 4 is 34.9 Å². The van der Waals surface area contributed by atoms with Crippen LogP contribution in [0.5, 0.6) is 0 Å². The van der Waals surface area contributed by atoms with Crippen LogP contribution in [0.25, 0.3) is 10.9 Å². The highest BCUT2D eigenvalue weighted by molar-refractivity contribution is 5.92. The van der Waals surface area contributed by atoms with E-state index < -0.39 is 35.8 Å². The number of rotatable bonds is 6. The molecule has 2 saturated heterocycles. The number of nitrogens with zero attached hydrogens (tertiary/aromatic N) is 3. The number of aromatic amines is 1. The monoisotopic (exact) mass is 627 g/mol. The van der Waals surface area contributed by atoms with Crippen molar-refractivity contribution in [3.8, 4) is 0 Å². The standard InChI is InChI=1S/C33H46FN5O6/c1-19(37(5)31(42)45-33(2,3)4)29(40)36-27(20-10-8-7-9-11-20)30(41)38-15-14-26-28(38)24(18-39(26)32(43)44-6)23-17-35-25-16-21(34)12-13-22(23)25/h12-13,16-17,19-20,24,26-28,35H,7-11,14-15,18H2,1-6H3,(H,36,40)/t19-,24+,26+,27-,28+/m0/s1. The van der Waals surface area contributed by atoms with E-state index in [2.05, 4.69) is 10.3 Å². The summed E-state index contributed by atoms with van der Waals surface area (Å²) in [4.78, 5) is 61.8. The van der Waals surface area contributed by atoms with Gasteiger partial charge >= 0.3 is 12.2 Å². The molecule has 0 unspecified atom stereocenters. The van der Waals surface area contributed by atoms with Crippen LogP contribution in [0.2, 0.25) is 0 Å². The maximum Gasteiger partial charge on any atom is 0.410 e. The largest absolute Gasteiger partial charge is 0.453 e. The Morgan fingerprint density at radius 2 is 1.80 bits per heavy atom. The van der Waals surface area contributed by atoms with Crippen molar-refractivity contribution in [3.05, 3.63) is 35.8 Å².